The van der Waals surface area contributed by atoms with Gasteiger partial charge >= 0.3 is 5.97 Å². The third-order valence-corrected chi connectivity index (χ3v) is 3.00. The summed E-state index contributed by atoms with van der Waals surface area (Å²) in [6.07, 6.45) is 4.84. The summed E-state index contributed by atoms with van der Waals surface area (Å²) in [5.74, 6) is -0.0638. The average molecular weight is 222 g/mol. The molecule has 0 radical (unpaired) electrons. The molecule has 2 atom stereocenters. The second kappa shape index (κ2) is 4.64. The maximum atomic E-state index is 11.5. The molecule has 0 spiro atoms. The zero-order valence-corrected chi connectivity index (χ0v) is 10.1. The number of hydrogen-bond acceptors (Lipinski definition) is 3. The Morgan fingerprint density at radius 1 is 1.56 bits per heavy atom. The van der Waals surface area contributed by atoms with Crippen molar-refractivity contribution in [2.24, 2.45) is 11.3 Å². The number of methoxy groups -OCH3 is 1. The Morgan fingerprint density at radius 2 is 2.19 bits per heavy atom. The molecule has 0 aromatic heterocycles. The molecule has 0 amide bonds. The molecule has 1 aliphatic carbocycles. The van der Waals surface area contributed by atoms with Crippen LogP contribution in [0.2, 0.25) is 0 Å². The minimum Gasteiger partial charge on any atom is -0.468 e. The van der Waals surface area contributed by atoms with Gasteiger partial charge in [-0.3, -0.25) is 9.59 Å². The van der Waals surface area contributed by atoms with E-state index in [4.69, 9.17) is 4.74 Å². The topological polar surface area (TPSA) is 43.4 Å². The van der Waals surface area contributed by atoms with Crippen molar-refractivity contribution in [2.75, 3.05) is 7.11 Å². The van der Waals surface area contributed by atoms with Crippen molar-refractivity contribution in [1.82, 2.24) is 0 Å². The summed E-state index contributed by atoms with van der Waals surface area (Å²) in [7, 11) is 1.38. The predicted octanol–water partition coefficient (Wildman–Crippen LogP) is 2.28. The van der Waals surface area contributed by atoms with Crippen molar-refractivity contribution in [3.63, 3.8) is 0 Å². The van der Waals surface area contributed by atoms with Crippen LogP contribution in [0.1, 0.15) is 26.7 Å². The van der Waals surface area contributed by atoms with Crippen molar-refractivity contribution in [2.45, 2.75) is 26.7 Å². The van der Waals surface area contributed by atoms with Crippen molar-refractivity contribution in [3.8, 4) is 0 Å². The Labute approximate surface area is 96.2 Å². The van der Waals surface area contributed by atoms with E-state index in [1.165, 1.54) is 7.11 Å². The number of allylic oxidation sites excluding steroid dienone is 2. The van der Waals surface area contributed by atoms with Crippen LogP contribution in [0.4, 0.5) is 0 Å². The summed E-state index contributed by atoms with van der Waals surface area (Å²) in [4.78, 5) is 23.0. The first-order chi connectivity index (χ1) is 7.39. The third kappa shape index (κ3) is 2.60. The van der Waals surface area contributed by atoms with E-state index in [0.29, 0.717) is 18.4 Å². The van der Waals surface area contributed by atoms with Gasteiger partial charge in [0.05, 0.1) is 12.5 Å². The normalized spacial score (nSPS) is 27.8. The number of carbonyl (C=O) groups is 2. The highest BCUT2D eigenvalue weighted by Gasteiger charge is 2.38. The molecule has 0 heterocycles. The highest BCUT2D eigenvalue weighted by molar-refractivity contribution is 5.94. The van der Waals surface area contributed by atoms with Crippen LogP contribution in [-0.2, 0) is 14.3 Å². The molecule has 0 N–H and O–H groups in total. The second-order valence-electron chi connectivity index (χ2n) is 4.64. The molecule has 0 saturated carbocycles. The molecule has 0 aromatic rings. The largest absolute Gasteiger partial charge is 0.468 e. The van der Waals surface area contributed by atoms with E-state index >= 15 is 0 Å². The third-order valence-electron chi connectivity index (χ3n) is 3.00. The van der Waals surface area contributed by atoms with Gasteiger partial charge in [0, 0.05) is 6.42 Å². The standard InChI is InChI=1S/C13H18O3/c1-9(2)11(14)7-10-5-6-13(3,8-10)12(15)16-4/h5-6,10H,1,7-8H2,2-4H3/t10-,13+/m0/s1. The molecule has 3 nitrogen and oxygen atoms in total. The van der Waals surface area contributed by atoms with Crippen molar-refractivity contribution in [3.05, 3.63) is 24.3 Å². The first-order valence-corrected chi connectivity index (χ1v) is 5.35. The molecular weight excluding hydrogens is 204 g/mol. The Morgan fingerprint density at radius 3 is 2.69 bits per heavy atom. The van der Waals surface area contributed by atoms with Crippen LogP contribution in [-0.4, -0.2) is 18.9 Å². The Bertz CT molecular complexity index is 354. The van der Waals surface area contributed by atoms with Gasteiger partial charge < -0.3 is 4.74 Å². The summed E-state index contributed by atoms with van der Waals surface area (Å²) < 4.78 is 4.75. The molecule has 1 aliphatic rings. The number of Topliss-reactive ketones (excluding diaryl/α,β-unsaturated/α-hetero) is 1. The highest BCUT2D eigenvalue weighted by Crippen LogP contribution is 2.38. The summed E-state index contributed by atoms with van der Waals surface area (Å²) >= 11 is 0. The van der Waals surface area contributed by atoms with Gasteiger partial charge in [-0.15, -0.1) is 0 Å². The smallest absolute Gasteiger partial charge is 0.315 e. The molecule has 0 fully saturated rings. The van der Waals surface area contributed by atoms with Crippen LogP contribution in [0.15, 0.2) is 24.3 Å². The predicted molar refractivity (Wildman–Crippen MR) is 61.8 cm³/mol. The van der Waals surface area contributed by atoms with E-state index in [0.717, 1.165) is 0 Å². The van der Waals surface area contributed by atoms with Gasteiger partial charge in [0.1, 0.15) is 0 Å². The van der Waals surface area contributed by atoms with Gasteiger partial charge in [0.25, 0.3) is 0 Å². The van der Waals surface area contributed by atoms with Crippen LogP contribution in [0.3, 0.4) is 0 Å². The van der Waals surface area contributed by atoms with Gasteiger partial charge in [0.15, 0.2) is 5.78 Å². The monoisotopic (exact) mass is 222 g/mol. The summed E-state index contributed by atoms with van der Waals surface area (Å²) in [5, 5.41) is 0. The van der Waals surface area contributed by atoms with Gasteiger partial charge in [-0.1, -0.05) is 18.7 Å². The van der Waals surface area contributed by atoms with E-state index in [2.05, 4.69) is 6.58 Å². The molecule has 88 valence electrons. The number of hydrogen-bond donors (Lipinski definition) is 0. The second-order valence-corrected chi connectivity index (χ2v) is 4.64. The lowest BCUT2D eigenvalue weighted by atomic mass is 9.86. The fourth-order valence-corrected chi connectivity index (χ4v) is 1.97. The van der Waals surface area contributed by atoms with Gasteiger partial charge in [0.2, 0.25) is 0 Å². The highest BCUT2D eigenvalue weighted by atomic mass is 16.5. The van der Waals surface area contributed by atoms with E-state index in [9.17, 15) is 9.59 Å². The summed E-state index contributed by atoms with van der Waals surface area (Å²) in [5.41, 5.74) is -0.00512. The van der Waals surface area contributed by atoms with E-state index in [1.807, 2.05) is 19.1 Å². The Balaban J connectivity index is 2.61. The Kier molecular flexibility index (Phi) is 3.68. The number of esters is 1. The molecule has 0 saturated heterocycles. The SMILES string of the molecule is C=C(C)C(=O)C[C@@H]1C=C[C@@](C)(C(=O)OC)C1. The first-order valence-electron chi connectivity index (χ1n) is 5.35. The lowest BCUT2D eigenvalue weighted by Crippen LogP contribution is -2.26. The fourth-order valence-electron chi connectivity index (χ4n) is 1.97. The van der Waals surface area contributed by atoms with E-state index < -0.39 is 5.41 Å². The van der Waals surface area contributed by atoms with Crippen molar-refractivity contribution in [1.29, 1.82) is 0 Å². The van der Waals surface area contributed by atoms with Crippen molar-refractivity contribution >= 4 is 11.8 Å². The maximum absolute atomic E-state index is 11.5. The Hall–Kier alpha value is -1.38. The zero-order chi connectivity index (χ0) is 12.3. The van der Waals surface area contributed by atoms with Crippen LogP contribution < -0.4 is 0 Å². The molecule has 0 aliphatic heterocycles. The first kappa shape index (κ1) is 12.7. The number of carbonyl (C=O) groups excluding carboxylic acids is 2. The molecular formula is C13H18O3. The average Bonchev–Trinajstić information content (AvgIpc) is 2.60. The van der Waals surface area contributed by atoms with Crippen molar-refractivity contribution < 1.29 is 14.3 Å². The van der Waals surface area contributed by atoms with E-state index in [1.54, 1.807) is 6.92 Å². The lowest BCUT2D eigenvalue weighted by molar-refractivity contribution is -0.149. The molecule has 16 heavy (non-hydrogen) atoms. The minimum absolute atomic E-state index is 0.0590. The van der Waals surface area contributed by atoms with Crippen LogP contribution in [0.5, 0.6) is 0 Å². The van der Waals surface area contributed by atoms with Gasteiger partial charge in [-0.05, 0) is 31.8 Å². The maximum Gasteiger partial charge on any atom is 0.315 e. The number of rotatable bonds is 4. The lowest BCUT2D eigenvalue weighted by Gasteiger charge is -2.20. The van der Waals surface area contributed by atoms with Gasteiger partial charge in [-0.25, -0.2) is 0 Å². The molecule has 1 rings (SSSR count). The summed E-state index contributed by atoms with van der Waals surface area (Å²) in [6.45, 7) is 7.16. The number of ether oxygens (including phenoxy) is 1. The van der Waals surface area contributed by atoms with Crippen LogP contribution in [0, 0.1) is 11.3 Å². The van der Waals surface area contributed by atoms with Crippen LogP contribution >= 0.6 is 0 Å². The van der Waals surface area contributed by atoms with Crippen LogP contribution in [0.25, 0.3) is 0 Å². The minimum atomic E-state index is -0.575. The summed E-state index contributed by atoms with van der Waals surface area (Å²) in [6, 6.07) is 0. The quantitative estimate of drug-likeness (QED) is 0.416. The van der Waals surface area contributed by atoms with E-state index in [-0.39, 0.29) is 17.7 Å². The van der Waals surface area contributed by atoms with Gasteiger partial charge in [-0.2, -0.15) is 0 Å². The zero-order valence-electron chi connectivity index (χ0n) is 10.1. The fraction of sp³-hybridized carbons (Fsp3) is 0.538. The molecule has 0 aromatic carbocycles. The number of ketones is 1. The molecule has 3 heteroatoms. The molecule has 0 unspecified atom stereocenters. The molecule has 0 bridgehead atoms.